The van der Waals surface area contributed by atoms with Gasteiger partial charge in [-0.05, 0) is 18.6 Å². The molecular formula is C18H28O3. The maximum atomic E-state index is 11.6. The van der Waals surface area contributed by atoms with Gasteiger partial charge in [0.15, 0.2) is 0 Å². The third kappa shape index (κ3) is 7.16. The van der Waals surface area contributed by atoms with Crippen LogP contribution in [0, 0.1) is 0 Å². The smallest absolute Gasteiger partial charge is 0.341 e. The third-order valence-corrected chi connectivity index (χ3v) is 3.55. The highest BCUT2D eigenvalue weighted by Gasteiger charge is 2.11. The lowest BCUT2D eigenvalue weighted by atomic mass is 10.1. The van der Waals surface area contributed by atoms with Gasteiger partial charge in [-0.15, -0.1) is 0 Å². The predicted octanol–water partition coefficient (Wildman–Crippen LogP) is 4.99. The van der Waals surface area contributed by atoms with Crippen LogP contribution in [0.2, 0.25) is 0 Å². The number of esters is 1. The molecule has 3 nitrogen and oxygen atoms in total. The summed E-state index contributed by atoms with van der Waals surface area (Å²) in [5.74, 6) is 0.272. The SMILES string of the molecule is CCCCCCCCCCOc1ccccc1C(=O)OC. The summed E-state index contributed by atoms with van der Waals surface area (Å²) in [6, 6.07) is 7.23. The fraction of sp³-hybridized carbons (Fsp3) is 0.611. The van der Waals surface area contributed by atoms with Crippen molar-refractivity contribution in [1.82, 2.24) is 0 Å². The second-order valence-corrected chi connectivity index (χ2v) is 5.31. The Morgan fingerprint density at radius 2 is 1.57 bits per heavy atom. The lowest BCUT2D eigenvalue weighted by molar-refractivity contribution is 0.0596. The third-order valence-electron chi connectivity index (χ3n) is 3.55. The Morgan fingerprint density at radius 1 is 0.952 bits per heavy atom. The average Bonchev–Trinajstić information content (AvgIpc) is 2.53. The van der Waals surface area contributed by atoms with Gasteiger partial charge in [-0.3, -0.25) is 0 Å². The highest BCUT2D eigenvalue weighted by Crippen LogP contribution is 2.19. The maximum absolute atomic E-state index is 11.6. The molecule has 1 aromatic rings. The molecule has 0 atom stereocenters. The monoisotopic (exact) mass is 292 g/mol. The summed E-state index contributed by atoms with van der Waals surface area (Å²) in [6.07, 6.45) is 10.2. The van der Waals surface area contributed by atoms with Crippen LogP contribution in [0.1, 0.15) is 68.6 Å². The van der Waals surface area contributed by atoms with Crippen molar-refractivity contribution in [1.29, 1.82) is 0 Å². The van der Waals surface area contributed by atoms with Crippen molar-refractivity contribution in [2.24, 2.45) is 0 Å². The van der Waals surface area contributed by atoms with E-state index >= 15 is 0 Å². The summed E-state index contributed by atoms with van der Waals surface area (Å²) in [4.78, 5) is 11.6. The van der Waals surface area contributed by atoms with Gasteiger partial charge in [0, 0.05) is 0 Å². The van der Waals surface area contributed by atoms with Gasteiger partial charge < -0.3 is 9.47 Å². The molecule has 0 bridgehead atoms. The van der Waals surface area contributed by atoms with Crippen LogP contribution in [0.3, 0.4) is 0 Å². The van der Waals surface area contributed by atoms with E-state index in [1.807, 2.05) is 18.2 Å². The lowest BCUT2D eigenvalue weighted by Gasteiger charge is -2.09. The van der Waals surface area contributed by atoms with Crippen molar-refractivity contribution in [2.75, 3.05) is 13.7 Å². The highest BCUT2D eigenvalue weighted by atomic mass is 16.5. The molecule has 0 heterocycles. The Bertz CT molecular complexity index is 401. The van der Waals surface area contributed by atoms with Crippen LogP contribution in [0.15, 0.2) is 24.3 Å². The molecule has 0 radical (unpaired) electrons. The van der Waals surface area contributed by atoms with Crippen LogP contribution < -0.4 is 4.74 Å². The summed E-state index contributed by atoms with van der Waals surface area (Å²) in [5.41, 5.74) is 0.500. The molecule has 0 fully saturated rings. The number of benzene rings is 1. The van der Waals surface area contributed by atoms with Crippen molar-refractivity contribution in [3.8, 4) is 5.75 Å². The number of rotatable bonds is 11. The van der Waals surface area contributed by atoms with Crippen LogP contribution in [0.25, 0.3) is 0 Å². The van der Waals surface area contributed by atoms with Gasteiger partial charge >= 0.3 is 5.97 Å². The van der Waals surface area contributed by atoms with Gasteiger partial charge in [0.25, 0.3) is 0 Å². The largest absolute Gasteiger partial charge is 0.493 e. The van der Waals surface area contributed by atoms with Crippen molar-refractivity contribution < 1.29 is 14.3 Å². The van der Waals surface area contributed by atoms with E-state index in [0.29, 0.717) is 17.9 Å². The van der Waals surface area contributed by atoms with E-state index in [1.54, 1.807) is 6.07 Å². The van der Waals surface area contributed by atoms with Crippen molar-refractivity contribution >= 4 is 5.97 Å². The summed E-state index contributed by atoms with van der Waals surface area (Å²) in [6.45, 7) is 2.90. The molecule has 0 saturated heterocycles. The van der Waals surface area contributed by atoms with Crippen LogP contribution >= 0.6 is 0 Å². The van der Waals surface area contributed by atoms with Crippen LogP contribution in [-0.2, 0) is 4.74 Å². The Hall–Kier alpha value is -1.51. The normalized spacial score (nSPS) is 10.4. The molecule has 0 amide bonds. The molecule has 118 valence electrons. The molecule has 0 saturated carbocycles. The predicted molar refractivity (Wildman–Crippen MR) is 85.9 cm³/mol. The van der Waals surface area contributed by atoms with Gasteiger partial charge in [-0.25, -0.2) is 4.79 Å². The number of carbonyl (C=O) groups excluding carboxylic acids is 1. The average molecular weight is 292 g/mol. The highest BCUT2D eigenvalue weighted by molar-refractivity contribution is 5.92. The Kier molecular flexibility index (Phi) is 9.34. The molecule has 0 aliphatic heterocycles. The standard InChI is InChI=1S/C18H28O3/c1-3-4-5-6-7-8-9-12-15-21-17-14-11-10-13-16(17)18(19)20-2/h10-11,13-14H,3-9,12,15H2,1-2H3. The number of methoxy groups -OCH3 is 1. The number of unbranched alkanes of at least 4 members (excludes halogenated alkanes) is 7. The first kappa shape index (κ1) is 17.5. The van der Waals surface area contributed by atoms with Gasteiger partial charge in [-0.1, -0.05) is 64.0 Å². The number of carbonyl (C=O) groups is 1. The Labute approximate surface area is 128 Å². The molecule has 0 spiro atoms. The van der Waals surface area contributed by atoms with Gasteiger partial charge in [0.2, 0.25) is 0 Å². The zero-order valence-corrected chi connectivity index (χ0v) is 13.4. The number of para-hydroxylation sites is 1. The minimum Gasteiger partial charge on any atom is -0.493 e. The number of ether oxygens (including phenoxy) is 2. The summed E-state index contributed by atoms with van der Waals surface area (Å²) in [5, 5.41) is 0. The first-order valence-electron chi connectivity index (χ1n) is 8.09. The van der Waals surface area contributed by atoms with Crippen molar-refractivity contribution in [3.05, 3.63) is 29.8 Å². The second-order valence-electron chi connectivity index (χ2n) is 5.31. The van der Waals surface area contributed by atoms with E-state index in [4.69, 9.17) is 9.47 Å². The van der Waals surface area contributed by atoms with E-state index in [2.05, 4.69) is 6.92 Å². The zero-order valence-electron chi connectivity index (χ0n) is 13.4. The molecule has 0 aromatic heterocycles. The van der Waals surface area contributed by atoms with E-state index < -0.39 is 0 Å². The molecule has 0 unspecified atom stereocenters. The van der Waals surface area contributed by atoms with E-state index in [1.165, 1.54) is 52.1 Å². The quantitative estimate of drug-likeness (QED) is 0.425. The summed E-state index contributed by atoms with van der Waals surface area (Å²) < 4.78 is 10.5. The molecule has 1 aromatic carbocycles. The molecule has 0 aliphatic rings. The Morgan fingerprint density at radius 3 is 2.24 bits per heavy atom. The molecular weight excluding hydrogens is 264 g/mol. The second kappa shape index (κ2) is 11.2. The van der Waals surface area contributed by atoms with Crippen LogP contribution in [0.5, 0.6) is 5.75 Å². The molecule has 21 heavy (non-hydrogen) atoms. The van der Waals surface area contributed by atoms with Crippen LogP contribution in [0.4, 0.5) is 0 Å². The summed E-state index contributed by atoms with van der Waals surface area (Å²) in [7, 11) is 1.39. The first-order valence-corrected chi connectivity index (χ1v) is 8.09. The molecule has 1 rings (SSSR count). The van der Waals surface area contributed by atoms with Gasteiger partial charge in [0.1, 0.15) is 11.3 Å². The van der Waals surface area contributed by atoms with E-state index in [-0.39, 0.29) is 5.97 Å². The minimum absolute atomic E-state index is 0.346. The van der Waals surface area contributed by atoms with Gasteiger partial charge in [0.05, 0.1) is 13.7 Å². The molecule has 0 aliphatic carbocycles. The van der Waals surface area contributed by atoms with E-state index in [9.17, 15) is 4.79 Å². The summed E-state index contributed by atoms with van der Waals surface area (Å²) >= 11 is 0. The number of hydrogen-bond acceptors (Lipinski definition) is 3. The minimum atomic E-state index is -0.346. The maximum Gasteiger partial charge on any atom is 0.341 e. The molecule has 0 N–H and O–H groups in total. The lowest BCUT2D eigenvalue weighted by Crippen LogP contribution is -2.06. The number of hydrogen-bond donors (Lipinski definition) is 0. The Balaban J connectivity index is 2.17. The van der Waals surface area contributed by atoms with Crippen molar-refractivity contribution in [2.45, 2.75) is 58.3 Å². The molecule has 3 heteroatoms. The van der Waals surface area contributed by atoms with Crippen LogP contribution in [-0.4, -0.2) is 19.7 Å². The van der Waals surface area contributed by atoms with E-state index in [0.717, 1.165) is 6.42 Å². The fourth-order valence-corrected chi connectivity index (χ4v) is 2.29. The van der Waals surface area contributed by atoms with Gasteiger partial charge in [-0.2, -0.15) is 0 Å². The topological polar surface area (TPSA) is 35.5 Å². The first-order chi connectivity index (χ1) is 10.3. The zero-order chi connectivity index (χ0) is 15.3. The van der Waals surface area contributed by atoms with Crippen molar-refractivity contribution in [3.63, 3.8) is 0 Å². The fourth-order valence-electron chi connectivity index (χ4n) is 2.29.